The second-order valence-corrected chi connectivity index (χ2v) is 6.19. The number of rotatable bonds is 5. The Morgan fingerprint density at radius 2 is 1.32 bits per heavy atom. The minimum atomic E-state index is -0.241. The number of carbonyl (C=O) groups excluding carboxylic acids is 1. The minimum absolute atomic E-state index is 0.00926. The van der Waals surface area contributed by atoms with Crippen LogP contribution in [0.4, 0.5) is 0 Å². The van der Waals surface area contributed by atoms with Gasteiger partial charge in [-0.15, -0.1) is 0 Å². The van der Waals surface area contributed by atoms with Gasteiger partial charge in [-0.25, -0.2) is 0 Å². The number of hydrogen-bond acceptors (Lipinski definition) is 2. The summed E-state index contributed by atoms with van der Waals surface area (Å²) in [7, 11) is 0. The van der Waals surface area contributed by atoms with Crippen LogP contribution in [0.3, 0.4) is 0 Å². The van der Waals surface area contributed by atoms with Gasteiger partial charge in [-0.05, 0) is 30.5 Å². The highest BCUT2D eigenvalue weighted by molar-refractivity contribution is 5.89. The molecule has 0 bridgehead atoms. The summed E-state index contributed by atoms with van der Waals surface area (Å²) in [5.41, 5.74) is 10.5. The Morgan fingerprint density at radius 1 is 0.920 bits per heavy atom. The van der Waals surface area contributed by atoms with Crippen molar-refractivity contribution in [1.82, 2.24) is 5.32 Å². The lowest BCUT2D eigenvalue weighted by Gasteiger charge is -2.15. The van der Waals surface area contributed by atoms with Gasteiger partial charge >= 0.3 is 0 Å². The average molecular weight is 336 g/mol. The van der Waals surface area contributed by atoms with Gasteiger partial charge in [-0.1, -0.05) is 81.1 Å². The lowest BCUT2D eigenvalue weighted by molar-refractivity contribution is -0.120. The fraction of sp³-hybridized carbons (Fsp3) is 0.227. The molecule has 0 aliphatic rings. The van der Waals surface area contributed by atoms with Gasteiger partial charge in [0.15, 0.2) is 0 Å². The van der Waals surface area contributed by atoms with E-state index in [-0.39, 0.29) is 11.8 Å². The summed E-state index contributed by atoms with van der Waals surface area (Å²) in [6.45, 7) is 11.6. The molecule has 0 radical (unpaired) electrons. The zero-order valence-corrected chi connectivity index (χ0v) is 15.5. The van der Waals surface area contributed by atoms with Crippen molar-refractivity contribution in [1.29, 1.82) is 0 Å². The van der Waals surface area contributed by atoms with Gasteiger partial charge in [-0.3, -0.25) is 4.79 Å². The Morgan fingerprint density at radius 3 is 1.68 bits per heavy atom. The van der Waals surface area contributed by atoms with Gasteiger partial charge in [0.2, 0.25) is 5.91 Å². The Kier molecular flexibility index (Phi) is 8.21. The predicted octanol–water partition coefficient (Wildman–Crippen LogP) is 4.83. The van der Waals surface area contributed by atoms with Gasteiger partial charge in [0, 0.05) is 17.3 Å². The second-order valence-electron chi connectivity index (χ2n) is 6.19. The summed E-state index contributed by atoms with van der Waals surface area (Å²) in [5, 5.41) is 3.38. The molecule has 0 aliphatic heterocycles. The molecule has 0 heterocycles. The maximum absolute atomic E-state index is 9.92. The summed E-state index contributed by atoms with van der Waals surface area (Å²) >= 11 is 0. The number of nitrogens with one attached hydrogen (secondary N) is 1. The number of nitrogens with two attached hydrogens (primary N) is 1. The Bertz CT molecular complexity index is 716. The van der Waals surface area contributed by atoms with E-state index in [1.807, 2.05) is 31.2 Å². The summed E-state index contributed by atoms with van der Waals surface area (Å²) < 4.78 is 0. The van der Waals surface area contributed by atoms with Crippen molar-refractivity contribution in [2.75, 3.05) is 0 Å². The summed E-state index contributed by atoms with van der Waals surface area (Å²) in [5.74, 6) is -0.250. The monoisotopic (exact) mass is 336 g/mol. The van der Waals surface area contributed by atoms with Gasteiger partial charge in [0.25, 0.3) is 0 Å². The molecule has 0 saturated heterocycles. The van der Waals surface area contributed by atoms with Crippen molar-refractivity contribution in [2.24, 2.45) is 11.7 Å². The van der Waals surface area contributed by atoms with Gasteiger partial charge in [0.05, 0.1) is 0 Å². The van der Waals surface area contributed by atoms with Crippen molar-refractivity contribution in [2.45, 2.75) is 27.7 Å². The highest BCUT2D eigenvalue weighted by atomic mass is 16.1. The first-order valence-corrected chi connectivity index (χ1v) is 8.36. The molecule has 3 N–H and O–H groups in total. The molecule has 25 heavy (non-hydrogen) atoms. The minimum Gasteiger partial charge on any atom is -0.369 e. The molecule has 1 amide bonds. The standard InChI is InChI=1S/C18H19N.C4H9NO/c1-14(2)19-18(17-12-8-5-9-13-17)15(3)16-10-6-4-7-11-16;1-3(2)4(5)6/h4-13,19H,1H2,2-3H3;3H,1-2H3,(H2,5,6)/b18-15+;. The van der Waals surface area contributed by atoms with Crippen LogP contribution in [0.1, 0.15) is 38.8 Å². The number of primary amides is 1. The third-order valence-electron chi connectivity index (χ3n) is 3.55. The molecular formula is C22H28N2O. The van der Waals surface area contributed by atoms with E-state index in [1.165, 1.54) is 16.7 Å². The van der Waals surface area contributed by atoms with Gasteiger partial charge in [-0.2, -0.15) is 0 Å². The first-order chi connectivity index (χ1) is 11.8. The first-order valence-electron chi connectivity index (χ1n) is 8.36. The fourth-order valence-corrected chi connectivity index (χ4v) is 2.03. The van der Waals surface area contributed by atoms with E-state index >= 15 is 0 Å². The van der Waals surface area contributed by atoms with Crippen LogP contribution in [-0.2, 0) is 4.79 Å². The van der Waals surface area contributed by atoms with E-state index in [0.29, 0.717) is 0 Å². The molecule has 2 aromatic rings. The highest BCUT2D eigenvalue weighted by Crippen LogP contribution is 2.24. The van der Waals surface area contributed by atoms with Gasteiger partial charge < -0.3 is 11.1 Å². The van der Waals surface area contributed by atoms with Crippen LogP contribution in [0, 0.1) is 5.92 Å². The normalized spacial score (nSPS) is 11.1. The first kappa shape index (κ1) is 20.2. The number of carbonyl (C=O) groups is 1. The number of hydrogen-bond donors (Lipinski definition) is 2. The molecule has 0 atom stereocenters. The zero-order valence-electron chi connectivity index (χ0n) is 15.5. The Balaban J connectivity index is 0.000000450. The Hall–Kier alpha value is -2.81. The van der Waals surface area contributed by atoms with Crippen molar-refractivity contribution in [3.8, 4) is 0 Å². The van der Waals surface area contributed by atoms with E-state index in [1.54, 1.807) is 13.8 Å². The molecule has 0 spiro atoms. The van der Waals surface area contributed by atoms with Crippen LogP contribution in [0.25, 0.3) is 11.3 Å². The third-order valence-corrected chi connectivity index (χ3v) is 3.55. The maximum Gasteiger partial charge on any atom is 0.219 e. The quantitative estimate of drug-likeness (QED) is 0.769. The van der Waals surface area contributed by atoms with Crippen LogP contribution in [0.15, 0.2) is 72.9 Å². The lowest BCUT2D eigenvalue weighted by Crippen LogP contribution is -2.17. The molecule has 0 unspecified atom stereocenters. The summed E-state index contributed by atoms with van der Waals surface area (Å²) in [6.07, 6.45) is 0. The predicted molar refractivity (Wildman–Crippen MR) is 107 cm³/mol. The molecular weight excluding hydrogens is 308 g/mol. The van der Waals surface area contributed by atoms with Crippen LogP contribution in [-0.4, -0.2) is 5.91 Å². The molecule has 132 valence electrons. The molecule has 3 heteroatoms. The van der Waals surface area contributed by atoms with Crippen LogP contribution >= 0.6 is 0 Å². The molecule has 2 aromatic carbocycles. The molecule has 0 fully saturated rings. The zero-order chi connectivity index (χ0) is 18.8. The van der Waals surface area contributed by atoms with Crippen molar-refractivity contribution in [3.05, 3.63) is 84.1 Å². The SMILES string of the molecule is C=C(C)N/C(=C(\C)c1ccccc1)c1ccccc1.CC(C)C(N)=O. The maximum atomic E-state index is 9.92. The molecule has 3 nitrogen and oxygen atoms in total. The highest BCUT2D eigenvalue weighted by Gasteiger charge is 2.07. The largest absolute Gasteiger partial charge is 0.369 e. The number of amides is 1. The van der Waals surface area contributed by atoms with Crippen molar-refractivity contribution < 1.29 is 4.79 Å². The molecule has 2 rings (SSSR count). The van der Waals surface area contributed by atoms with E-state index in [9.17, 15) is 4.79 Å². The van der Waals surface area contributed by atoms with Gasteiger partial charge in [0.1, 0.15) is 0 Å². The number of benzene rings is 2. The molecule has 0 aromatic heterocycles. The van der Waals surface area contributed by atoms with E-state index in [0.717, 1.165) is 11.4 Å². The lowest BCUT2D eigenvalue weighted by atomic mass is 10.0. The summed E-state index contributed by atoms with van der Waals surface area (Å²) in [4.78, 5) is 9.92. The van der Waals surface area contributed by atoms with Crippen LogP contribution in [0.2, 0.25) is 0 Å². The topological polar surface area (TPSA) is 55.1 Å². The van der Waals surface area contributed by atoms with E-state index < -0.39 is 0 Å². The van der Waals surface area contributed by atoms with Crippen LogP contribution < -0.4 is 11.1 Å². The average Bonchev–Trinajstić information content (AvgIpc) is 2.61. The molecule has 0 saturated carbocycles. The Labute approximate surface area is 151 Å². The van der Waals surface area contributed by atoms with E-state index in [4.69, 9.17) is 5.73 Å². The second kappa shape index (κ2) is 10.1. The van der Waals surface area contributed by atoms with E-state index in [2.05, 4.69) is 55.2 Å². The van der Waals surface area contributed by atoms with Crippen molar-refractivity contribution >= 4 is 17.2 Å². The fourth-order valence-electron chi connectivity index (χ4n) is 2.03. The molecule has 0 aliphatic carbocycles. The third kappa shape index (κ3) is 7.08. The smallest absolute Gasteiger partial charge is 0.219 e. The summed E-state index contributed by atoms with van der Waals surface area (Å²) in [6, 6.07) is 20.7. The van der Waals surface area contributed by atoms with Crippen LogP contribution in [0.5, 0.6) is 0 Å². The van der Waals surface area contributed by atoms with Crippen molar-refractivity contribution in [3.63, 3.8) is 0 Å². The number of allylic oxidation sites excluding steroid dienone is 2.